The van der Waals surface area contributed by atoms with Crippen molar-refractivity contribution in [2.24, 2.45) is 0 Å². The van der Waals surface area contributed by atoms with Gasteiger partial charge in [-0.2, -0.15) is 10.1 Å². The summed E-state index contributed by atoms with van der Waals surface area (Å²) in [4.78, 5) is 9.14. The molecular formula is C16H23ClN6O. The summed E-state index contributed by atoms with van der Waals surface area (Å²) in [5.41, 5.74) is 2.63. The Bertz CT molecular complexity index is 825. The summed E-state index contributed by atoms with van der Waals surface area (Å²) >= 11 is 0. The van der Waals surface area contributed by atoms with E-state index in [9.17, 15) is 0 Å². The van der Waals surface area contributed by atoms with Crippen molar-refractivity contribution in [2.45, 2.75) is 46.2 Å². The van der Waals surface area contributed by atoms with Crippen molar-refractivity contribution in [3.05, 3.63) is 23.8 Å². The number of pyridine rings is 1. The molecule has 0 saturated carbocycles. The quantitative estimate of drug-likeness (QED) is 0.761. The van der Waals surface area contributed by atoms with Gasteiger partial charge in [0.2, 0.25) is 0 Å². The molecule has 7 nitrogen and oxygen atoms in total. The Morgan fingerprint density at radius 3 is 2.67 bits per heavy atom. The molecule has 1 atom stereocenters. The average Bonchev–Trinajstić information content (AvgIpc) is 3.12. The molecule has 0 radical (unpaired) electrons. The maximum Gasteiger partial charge on any atom is 0.258 e. The number of hydrogen-bond acceptors (Lipinski definition) is 6. The highest BCUT2D eigenvalue weighted by atomic mass is 35.5. The molecule has 3 aromatic rings. The van der Waals surface area contributed by atoms with Gasteiger partial charge in [-0.15, -0.1) is 12.4 Å². The Hall–Kier alpha value is -1.99. The van der Waals surface area contributed by atoms with Gasteiger partial charge in [-0.05, 0) is 40.8 Å². The summed E-state index contributed by atoms with van der Waals surface area (Å²) in [6.07, 6.45) is 2.54. The molecule has 0 spiro atoms. The molecule has 0 amide bonds. The van der Waals surface area contributed by atoms with Crippen LogP contribution >= 0.6 is 12.4 Å². The third kappa shape index (κ3) is 3.42. The van der Waals surface area contributed by atoms with E-state index in [1.807, 2.05) is 30.9 Å². The first kappa shape index (κ1) is 18.4. The number of halogens is 1. The molecule has 1 unspecified atom stereocenters. The smallest absolute Gasteiger partial charge is 0.258 e. The highest BCUT2D eigenvalue weighted by Gasteiger charge is 2.18. The first-order valence-electron chi connectivity index (χ1n) is 7.84. The lowest BCUT2D eigenvalue weighted by molar-refractivity contribution is 0.418. The van der Waals surface area contributed by atoms with E-state index < -0.39 is 0 Å². The molecular weight excluding hydrogens is 328 g/mol. The molecule has 3 rings (SSSR count). The second-order valence-corrected chi connectivity index (χ2v) is 6.14. The van der Waals surface area contributed by atoms with Gasteiger partial charge in [0.1, 0.15) is 0 Å². The number of hydrogen-bond donors (Lipinski definition) is 1. The first-order valence-corrected chi connectivity index (χ1v) is 7.84. The van der Waals surface area contributed by atoms with Gasteiger partial charge in [-0.25, -0.2) is 9.67 Å². The summed E-state index contributed by atoms with van der Waals surface area (Å²) in [7, 11) is 1.92. The number of likely N-dealkylation sites (N-methyl/N-ethyl adjacent to an activating group) is 1. The number of aromatic nitrogens is 5. The van der Waals surface area contributed by atoms with Crippen LogP contribution in [0.5, 0.6) is 0 Å². The molecule has 130 valence electrons. The van der Waals surface area contributed by atoms with E-state index in [-0.39, 0.29) is 18.4 Å². The third-order valence-electron chi connectivity index (χ3n) is 3.86. The fourth-order valence-electron chi connectivity index (χ4n) is 2.52. The minimum Gasteiger partial charge on any atom is -0.334 e. The minimum atomic E-state index is 0. The summed E-state index contributed by atoms with van der Waals surface area (Å²) in [6, 6.07) is 2.50. The molecule has 0 aliphatic rings. The van der Waals surface area contributed by atoms with Gasteiger partial charge in [-0.1, -0.05) is 5.16 Å². The van der Waals surface area contributed by atoms with Crippen LogP contribution in [0.1, 0.15) is 38.3 Å². The van der Waals surface area contributed by atoms with Gasteiger partial charge in [0.15, 0.2) is 11.5 Å². The lowest BCUT2D eigenvalue weighted by Crippen LogP contribution is -2.24. The topological polar surface area (TPSA) is 81.7 Å². The van der Waals surface area contributed by atoms with Crippen molar-refractivity contribution >= 4 is 23.4 Å². The van der Waals surface area contributed by atoms with Gasteiger partial charge >= 0.3 is 0 Å². The second-order valence-electron chi connectivity index (χ2n) is 6.14. The fraction of sp³-hybridized carbons (Fsp3) is 0.500. The van der Waals surface area contributed by atoms with Crippen LogP contribution in [0.2, 0.25) is 0 Å². The highest BCUT2D eigenvalue weighted by molar-refractivity contribution is 5.90. The van der Waals surface area contributed by atoms with Crippen LogP contribution in [-0.4, -0.2) is 38.0 Å². The van der Waals surface area contributed by atoms with Crippen molar-refractivity contribution < 1.29 is 4.52 Å². The molecule has 0 fully saturated rings. The average molecular weight is 351 g/mol. The van der Waals surface area contributed by atoms with Crippen molar-refractivity contribution in [3.8, 4) is 11.5 Å². The Balaban J connectivity index is 0.00000208. The zero-order valence-corrected chi connectivity index (χ0v) is 15.4. The summed E-state index contributed by atoms with van der Waals surface area (Å²) in [6.45, 7) is 8.21. The number of aryl methyl sites for hydroxylation is 1. The van der Waals surface area contributed by atoms with E-state index >= 15 is 0 Å². The molecule has 0 saturated heterocycles. The Labute approximate surface area is 147 Å². The molecule has 3 aromatic heterocycles. The maximum atomic E-state index is 5.48. The van der Waals surface area contributed by atoms with Crippen LogP contribution in [0.25, 0.3) is 22.5 Å². The zero-order chi connectivity index (χ0) is 16.6. The predicted molar refractivity (Wildman–Crippen MR) is 95.4 cm³/mol. The third-order valence-corrected chi connectivity index (χ3v) is 3.86. The molecule has 24 heavy (non-hydrogen) atoms. The minimum absolute atomic E-state index is 0. The Kier molecular flexibility index (Phi) is 5.56. The van der Waals surface area contributed by atoms with Gasteiger partial charge in [0.05, 0.1) is 17.1 Å². The number of nitrogens with zero attached hydrogens (tertiary/aromatic N) is 5. The van der Waals surface area contributed by atoms with Gasteiger partial charge in [-0.3, -0.25) is 0 Å². The number of rotatable bonds is 5. The lowest BCUT2D eigenvalue weighted by atomic mass is 10.1. The van der Waals surface area contributed by atoms with Crippen LogP contribution in [-0.2, 0) is 6.42 Å². The summed E-state index contributed by atoms with van der Waals surface area (Å²) in [5.74, 6) is 1.21. The van der Waals surface area contributed by atoms with Crippen LogP contribution in [0.15, 0.2) is 16.8 Å². The molecule has 3 heterocycles. The van der Waals surface area contributed by atoms with Crippen LogP contribution in [0, 0.1) is 6.92 Å². The highest BCUT2D eigenvalue weighted by Crippen LogP contribution is 2.28. The van der Waals surface area contributed by atoms with Gasteiger partial charge in [0.25, 0.3) is 5.89 Å². The molecule has 0 bridgehead atoms. The van der Waals surface area contributed by atoms with Crippen LogP contribution in [0.4, 0.5) is 0 Å². The van der Waals surface area contributed by atoms with Crippen LogP contribution in [0.3, 0.4) is 0 Å². The second kappa shape index (κ2) is 7.27. The SMILES string of the molecule is CNC(C)Cc1noc(-c2cc(C)nc3c2cnn3C(C)C)n1.Cl. The van der Waals surface area contributed by atoms with Gasteiger partial charge < -0.3 is 9.84 Å². The Morgan fingerprint density at radius 2 is 2.00 bits per heavy atom. The van der Waals surface area contributed by atoms with Crippen molar-refractivity contribution in [1.29, 1.82) is 0 Å². The monoisotopic (exact) mass is 350 g/mol. The molecule has 8 heteroatoms. The van der Waals surface area contributed by atoms with Crippen molar-refractivity contribution in [2.75, 3.05) is 7.05 Å². The van der Waals surface area contributed by atoms with E-state index in [1.54, 1.807) is 0 Å². The first-order chi connectivity index (χ1) is 11.0. The predicted octanol–water partition coefficient (Wildman–Crippen LogP) is 2.94. The number of nitrogens with one attached hydrogen (secondary N) is 1. The largest absolute Gasteiger partial charge is 0.334 e. The summed E-state index contributed by atoms with van der Waals surface area (Å²) in [5, 5.41) is 12.6. The van der Waals surface area contributed by atoms with Crippen LogP contribution < -0.4 is 5.32 Å². The molecule has 0 aliphatic heterocycles. The maximum absolute atomic E-state index is 5.48. The molecule has 0 aliphatic carbocycles. The summed E-state index contributed by atoms with van der Waals surface area (Å²) < 4.78 is 7.38. The van der Waals surface area contributed by atoms with E-state index in [2.05, 4.69) is 46.3 Å². The molecule has 0 aromatic carbocycles. The molecule has 1 N–H and O–H groups in total. The van der Waals surface area contributed by atoms with Crippen molar-refractivity contribution in [1.82, 2.24) is 30.2 Å². The van der Waals surface area contributed by atoms with E-state index in [0.717, 1.165) is 28.7 Å². The van der Waals surface area contributed by atoms with E-state index in [0.29, 0.717) is 17.8 Å². The van der Waals surface area contributed by atoms with Crippen molar-refractivity contribution in [3.63, 3.8) is 0 Å². The zero-order valence-electron chi connectivity index (χ0n) is 14.6. The fourth-order valence-corrected chi connectivity index (χ4v) is 2.52. The van der Waals surface area contributed by atoms with E-state index in [4.69, 9.17) is 4.52 Å². The normalized spacial score (nSPS) is 12.6. The van der Waals surface area contributed by atoms with Gasteiger partial charge in [0, 0.05) is 24.2 Å². The van der Waals surface area contributed by atoms with E-state index in [1.165, 1.54) is 0 Å². The Morgan fingerprint density at radius 1 is 1.25 bits per heavy atom. The standard InChI is InChI=1S/C16H22N6O.ClH/c1-9(2)22-15-13(8-18-22)12(6-11(4)19-15)16-20-14(21-23-16)7-10(3)17-5;/h6,8-10,17H,7H2,1-5H3;1H. The number of fused-ring (bicyclic) bond motifs is 1. The lowest BCUT2D eigenvalue weighted by Gasteiger charge is -2.07.